The molecule has 1 aliphatic heterocycles. The fourth-order valence-electron chi connectivity index (χ4n) is 4.25. The number of aliphatic hydroxyl groups is 1. The van der Waals surface area contributed by atoms with Crippen LogP contribution >= 0.6 is 12.2 Å². The van der Waals surface area contributed by atoms with Gasteiger partial charge in [0.25, 0.3) is 11.6 Å². The van der Waals surface area contributed by atoms with Crippen molar-refractivity contribution in [2.75, 3.05) is 30.4 Å². The first-order valence-electron chi connectivity index (χ1n) is 11.8. The van der Waals surface area contributed by atoms with E-state index in [2.05, 4.69) is 17.6 Å². The number of rotatable bonds is 7. The summed E-state index contributed by atoms with van der Waals surface area (Å²) in [6.07, 6.45) is 1.94. The molecule has 1 fully saturated rings. The van der Waals surface area contributed by atoms with Crippen LogP contribution in [0.2, 0.25) is 0 Å². The lowest BCUT2D eigenvalue weighted by Gasteiger charge is -2.31. The largest absolute Gasteiger partial charge is 0.496 e. The van der Waals surface area contributed by atoms with Gasteiger partial charge in [0, 0.05) is 36.5 Å². The number of hydrogen-bond donors (Lipinski definition) is 3. The second-order valence-corrected chi connectivity index (χ2v) is 9.29. The Labute approximate surface area is 219 Å². The Kier molecular flexibility index (Phi) is 8.04. The number of furan rings is 1. The van der Waals surface area contributed by atoms with Crippen LogP contribution in [0.25, 0.3) is 11.3 Å². The summed E-state index contributed by atoms with van der Waals surface area (Å²) in [5, 5.41) is 26.5. The molecule has 4 rings (SSSR count). The van der Waals surface area contributed by atoms with Crippen LogP contribution in [0, 0.1) is 16.0 Å². The van der Waals surface area contributed by atoms with E-state index < -0.39 is 10.8 Å². The highest BCUT2D eigenvalue weighted by Gasteiger charge is 2.25. The summed E-state index contributed by atoms with van der Waals surface area (Å²) in [5.74, 6) is 1.50. The van der Waals surface area contributed by atoms with Crippen molar-refractivity contribution in [3.05, 3.63) is 70.0 Å². The lowest BCUT2D eigenvalue weighted by molar-refractivity contribution is -0.384. The summed E-state index contributed by atoms with van der Waals surface area (Å²) < 4.78 is 11.0. The molecule has 0 unspecified atom stereocenters. The number of carbonyl (C=O) groups is 1. The number of carbonyl (C=O) groups excluding carboxylic acids is 1. The summed E-state index contributed by atoms with van der Waals surface area (Å²) in [7, 11) is 1.51. The van der Waals surface area contributed by atoms with Crippen LogP contribution in [-0.4, -0.2) is 41.2 Å². The topological polar surface area (TPSA) is 130 Å². The number of ether oxygens (including phenoxy) is 1. The second-order valence-electron chi connectivity index (χ2n) is 8.88. The number of methoxy groups -OCH3 is 1. The van der Waals surface area contributed by atoms with Crippen molar-refractivity contribution in [3.63, 3.8) is 0 Å². The van der Waals surface area contributed by atoms with Gasteiger partial charge in [0.2, 0.25) is 0 Å². The highest BCUT2D eigenvalue weighted by molar-refractivity contribution is 7.80. The average Bonchev–Trinajstić information content (AvgIpc) is 3.37. The minimum absolute atomic E-state index is 0.0251. The monoisotopic (exact) mass is 524 g/mol. The van der Waals surface area contributed by atoms with E-state index in [4.69, 9.17) is 21.4 Å². The zero-order valence-corrected chi connectivity index (χ0v) is 21.3. The van der Waals surface area contributed by atoms with Crippen LogP contribution in [0.4, 0.5) is 17.1 Å². The molecule has 10 nitrogen and oxygen atoms in total. The lowest BCUT2D eigenvalue weighted by atomic mass is 9.98. The van der Waals surface area contributed by atoms with Crippen molar-refractivity contribution in [2.45, 2.75) is 26.4 Å². The van der Waals surface area contributed by atoms with E-state index >= 15 is 0 Å². The average molecular weight is 525 g/mol. The first kappa shape index (κ1) is 26.1. The number of nitro benzene ring substituents is 1. The molecule has 194 valence electrons. The number of nitrogens with zero attached hydrogens (tertiary/aromatic N) is 2. The number of nitro groups is 1. The number of thiocarbonyl (C=S) groups is 1. The zero-order chi connectivity index (χ0) is 26.5. The predicted molar refractivity (Wildman–Crippen MR) is 144 cm³/mol. The summed E-state index contributed by atoms with van der Waals surface area (Å²) >= 11 is 5.29. The Morgan fingerprint density at radius 2 is 1.97 bits per heavy atom. The van der Waals surface area contributed by atoms with Crippen LogP contribution in [0.5, 0.6) is 5.75 Å². The first-order valence-corrected chi connectivity index (χ1v) is 12.2. The van der Waals surface area contributed by atoms with Crippen molar-refractivity contribution in [3.8, 4) is 17.1 Å². The van der Waals surface area contributed by atoms with Crippen molar-refractivity contribution in [1.82, 2.24) is 5.32 Å². The fraction of sp³-hybridized carbons (Fsp3) is 0.308. The normalized spacial score (nSPS) is 13.8. The summed E-state index contributed by atoms with van der Waals surface area (Å²) in [4.78, 5) is 26.1. The third kappa shape index (κ3) is 6.07. The quantitative estimate of drug-likeness (QED) is 0.228. The lowest BCUT2D eigenvalue weighted by Crippen LogP contribution is -2.35. The smallest absolute Gasteiger partial charge is 0.293 e. The van der Waals surface area contributed by atoms with Gasteiger partial charge in [-0.25, -0.2) is 0 Å². The third-order valence-electron chi connectivity index (χ3n) is 6.33. The van der Waals surface area contributed by atoms with Gasteiger partial charge >= 0.3 is 0 Å². The summed E-state index contributed by atoms with van der Waals surface area (Å²) in [5.41, 5.74) is 1.78. The molecular formula is C26H28N4O6S. The van der Waals surface area contributed by atoms with Gasteiger partial charge in [-0.3, -0.25) is 20.2 Å². The Morgan fingerprint density at radius 3 is 2.62 bits per heavy atom. The van der Waals surface area contributed by atoms with E-state index in [0.717, 1.165) is 25.9 Å². The molecule has 0 saturated carbocycles. The maximum atomic E-state index is 12.8. The van der Waals surface area contributed by atoms with E-state index in [9.17, 15) is 20.0 Å². The van der Waals surface area contributed by atoms with Gasteiger partial charge in [-0.05, 0) is 67.4 Å². The van der Waals surface area contributed by atoms with Gasteiger partial charge in [0.1, 0.15) is 29.6 Å². The molecule has 1 saturated heterocycles. The zero-order valence-electron chi connectivity index (χ0n) is 20.5. The Balaban J connectivity index is 1.45. The molecule has 0 atom stereocenters. The number of anilines is 2. The van der Waals surface area contributed by atoms with Gasteiger partial charge in [-0.2, -0.15) is 0 Å². The molecule has 2 aromatic carbocycles. The molecule has 3 aromatic rings. The van der Waals surface area contributed by atoms with Gasteiger partial charge in [0.05, 0.1) is 17.6 Å². The highest BCUT2D eigenvalue weighted by atomic mass is 32.1. The van der Waals surface area contributed by atoms with Gasteiger partial charge < -0.3 is 24.5 Å². The number of aliphatic hydroxyl groups excluding tert-OH is 1. The van der Waals surface area contributed by atoms with Gasteiger partial charge in [-0.15, -0.1) is 0 Å². The molecule has 11 heteroatoms. The van der Waals surface area contributed by atoms with Crippen LogP contribution in [0.3, 0.4) is 0 Å². The number of piperidine rings is 1. The molecule has 0 spiro atoms. The molecule has 0 aliphatic carbocycles. The van der Waals surface area contributed by atoms with E-state index in [0.29, 0.717) is 40.1 Å². The van der Waals surface area contributed by atoms with E-state index in [1.165, 1.54) is 13.2 Å². The van der Waals surface area contributed by atoms with E-state index in [1.54, 1.807) is 42.5 Å². The molecule has 0 radical (unpaired) electrons. The van der Waals surface area contributed by atoms with E-state index in [-0.39, 0.29) is 23.0 Å². The SMILES string of the molecule is COc1cc(NC(=S)NC(=O)c2ccc(N3CCC(C)CC3)c([N+](=O)[O-])c2)ccc1-c1ccc(CO)o1. The Bertz CT molecular complexity index is 1320. The fourth-order valence-corrected chi connectivity index (χ4v) is 4.46. The standard InChI is InChI=1S/C26H28N4O6S/c1-16-9-11-29(12-10-16)21-7-3-17(13-22(21)30(33)34)25(32)28-26(37)27-18-4-6-20(24(14-18)35-2)23-8-5-19(15-31)36-23/h3-8,13-14,16,31H,9-12,15H2,1-2H3,(H2,27,28,32,37). The molecule has 2 heterocycles. The van der Waals surface area contributed by atoms with Crippen LogP contribution in [-0.2, 0) is 6.61 Å². The summed E-state index contributed by atoms with van der Waals surface area (Å²) in [6.45, 7) is 3.45. The molecule has 3 N–H and O–H groups in total. The number of hydrogen-bond acceptors (Lipinski definition) is 8. The molecule has 1 aliphatic rings. The maximum Gasteiger partial charge on any atom is 0.293 e. The van der Waals surface area contributed by atoms with Crippen LogP contribution in [0.1, 0.15) is 35.9 Å². The van der Waals surface area contributed by atoms with Gasteiger partial charge in [0.15, 0.2) is 5.11 Å². The molecule has 0 bridgehead atoms. The van der Waals surface area contributed by atoms with E-state index in [1.807, 2.05) is 4.90 Å². The summed E-state index contributed by atoms with van der Waals surface area (Å²) in [6, 6.07) is 13.1. The number of nitrogens with one attached hydrogen (secondary N) is 2. The van der Waals surface area contributed by atoms with Crippen molar-refractivity contribution in [2.24, 2.45) is 5.92 Å². The predicted octanol–water partition coefficient (Wildman–Crippen LogP) is 4.72. The third-order valence-corrected chi connectivity index (χ3v) is 6.53. The maximum absolute atomic E-state index is 12.8. The minimum atomic E-state index is -0.560. The van der Waals surface area contributed by atoms with Crippen LogP contribution < -0.4 is 20.3 Å². The van der Waals surface area contributed by atoms with Gasteiger partial charge in [-0.1, -0.05) is 6.92 Å². The molecule has 37 heavy (non-hydrogen) atoms. The minimum Gasteiger partial charge on any atom is -0.496 e. The van der Waals surface area contributed by atoms with Crippen molar-refractivity contribution in [1.29, 1.82) is 0 Å². The number of benzene rings is 2. The number of amides is 1. The highest BCUT2D eigenvalue weighted by Crippen LogP contribution is 2.34. The molecular weight excluding hydrogens is 496 g/mol. The first-order chi connectivity index (χ1) is 17.8. The second kappa shape index (κ2) is 11.4. The molecule has 1 amide bonds. The Morgan fingerprint density at radius 1 is 1.22 bits per heavy atom. The van der Waals surface area contributed by atoms with Crippen molar-refractivity contribution < 1.29 is 24.0 Å². The van der Waals surface area contributed by atoms with Crippen LogP contribution in [0.15, 0.2) is 52.9 Å². The molecule has 1 aromatic heterocycles. The Hall–Kier alpha value is -3.96. The van der Waals surface area contributed by atoms with Crippen molar-refractivity contribution >= 4 is 40.3 Å².